The van der Waals surface area contributed by atoms with Crippen molar-refractivity contribution in [1.82, 2.24) is 9.55 Å². The molecule has 1 heterocycles. The molecule has 0 amide bonds. The van der Waals surface area contributed by atoms with Crippen LogP contribution in [-0.4, -0.2) is 21.1 Å². The lowest BCUT2D eigenvalue weighted by Crippen LogP contribution is -2.13. The summed E-state index contributed by atoms with van der Waals surface area (Å²) < 4.78 is 1.62. The number of aromatic nitrogens is 2. The van der Waals surface area contributed by atoms with Crippen molar-refractivity contribution in [3.8, 4) is 0 Å². The fraction of sp³-hybridized carbons (Fsp3) is 0.118. The summed E-state index contributed by atoms with van der Waals surface area (Å²) in [6.45, 7) is 0. The van der Waals surface area contributed by atoms with Crippen LogP contribution >= 0.6 is 0 Å². The minimum atomic E-state index is -0.263. The van der Waals surface area contributed by atoms with Gasteiger partial charge in [0.15, 0.2) is 11.6 Å². The van der Waals surface area contributed by atoms with Gasteiger partial charge in [0.2, 0.25) is 5.78 Å². The number of fused-ring (bicyclic) bond motifs is 1. The molecule has 0 aliphatic heterocycles. The molecule has 0 bridgehead atoms. The molecule has 0 saturated carbocycles. The molecular formula is C17H14N2O2. The first kappa shape index (κ1) is 13.2. The number of aryl methyl sites for hydroxylation is 1. The molecule has 0 saturated heterocycles. The average molecular weight is 278 g/mol. The van der Waals surface area contributed by atoms with Crippen LogP contribution in [0.5, 0.6) is 0 Å². The van der Waals surface area contributed by atoms with E-state index in [-0.39, 0.29) is 18.0 Å². The number of benzene rings is 2. The van der Waals surface area contributed by atoms with E-state index in [1.54, 1.807) is 30.1 Å². The van der Waals surface area contributed by atoms with Gasteiger partial charge in [0.25, 0.3) is 0 Å². The van der Waals surface area contributed by atoms with Crippen molar-refractivity contribution in [3.63, 3.8) is 0 Å². The first-order valence-electron chi connectivity index (χ1n) is 6.68. The van der Waals surface area contributed by atoms with Crippen LogP contribution in [0.3, 0.4) is 0 Å². The third kappa shape index (κ3) is 2.48. The fourth-order valence-electron chi connectivity index (χ4n) is 2.42. The van der Waals surface area contributed by atoms with E-state index in [2.05, 4.69) is 4.98 Å². The lowest BCUT2D eigenvalue weighted by atomic mass is 9.98. The van der Waals surface area contributed by atoms with Crippen molar-refractivity contribution in [2.45, 2.75) is 6.42 Å². The second kappa shape index (κ2) is 5.32. The summed E-state index contributed by atoms with van der Waals surface area (Å²) in [7, 11) is 1.74. The normalized spacial score (nSPS) is 10.7. The summed E-state index contributed by atoms with van der Waals surface area (Å²) in [5.74, 6) is -0.135. The second-order valence-corrected chi connectivity index (χ2v) is 4.91. The maximum Gasteiger partial charge on any atom is 0.205 e. The van der Waals surface area contributed by atoms with Gasteiger partial charge in [-0.2, -0.15) is 0 Å². The molecule has 2 aromatic carbocycles. The number of hydrogen-bond acceptors (Lipinski definition) is 3. The molecule has 0 atom stereocenters. The van der Waals surface area contributed by atoms with E-state index < -0.39 is 0 Å². The number of hydrogen-bond donors (Lipinski definition) is 0. The zero-order valence-corrected chi connectivity index (χ0v) is 11.6. The van der Waals surface area contributed by atoms with Gasteiger partial charge in [-0.25, -0.2) is 4.98 Å². The van der Waals surface area contributed by atoms with Crippen LogP contribution in [0.4, 0.5) is 0 Å². The first-order chi connectivity index (χ1) is 10.2. The van der Waals surface area contributed by atoms with E-state index in [0.717, 1.165) is 10.8 Å². The molecule has 104 valence electrons. The molecule has 0 aliphatic carbocycles. The lowest BCUT2D eigenvalue weighted by molar-refractivity contribution is 0.0887. The number of carbonyl (C=O) groups is 2. The number of imidazole rings is 1. The van der Waals surface area contributed by atoms with Crippen molar-refractivity contribution in [1.29, 1.82) is 0 Å². The average Bonchev–Trinajstić information content (AvgIpc) is 2.92. The number of carbonyl (C=O) groups excluding carboxylic acids is 2. The Hall–Kier alpha value is -2.75. The van der Waals surface area contributed by atoms with Crippen molar-refractivity contribution in [2.24, 2.45) is 7.05 Å². The first-order valence-corrected chi connectivity index (χ1v) is 6.68. The number of ketones is 2. The molecule has 4 nitrogen and oxygen atoms in total. The largest absolute Gasteiger partial charge is 0.332 e. The summed E-state index contributed by atoms with van der Waals surface area (Å²) in [4.78, 5) is 28.5. The highest BCUT2D eigenvalue weighted by Gasteiger charge is 2.18. The summed E-state index contributed by atoms with van der Waals surface area (Å²) in [6, 6.07) is 13.2. The lowest BCUT2D eigenvalue weighted by Gasteiger charge is -2.05. The highest BCUT2D eigenvalue weighted by Crippen LogP contribution is 2.20. The van der Waals surface area contributed by atoms with Gasteiger partial charge in [-0.05, 0) is 10.8 Å². The van der Waals surface area contributed by atoms with Crippen molar-refractivity contribution < 1.29 is 9.59 Å². The van der Waals surface area contributed by atoms with Crippen molar-refractivity contribution in [3.05, 3.63) is 66.2 Å². The van der Waals surface area contributed by atoms with Crippen LogP contribution < -0.4 is 0 Å². The Morgan fingerprint density at radius 1 is 1.05 bits per heavy atom. The van der Waals surface area contributed by atoms with Gasteiger partial charge in [0.1, 0.15) is 0 Å². The number of rotatable bonds is 4. The monoisotopic (exact) mass is 278 g/mol. The van der Waals surface area contributed by atoms with Crippen LogP contribution in [0.25, 0.3) is 10.8 Å². The molecule has 0 unspecified atom stereocenters. The predicted molar refractivity (Wildman–Crippen MR) is 80.4 cm³/mol. The molecule has 0 fully saturated rings. The SMILES string of the molecule is Cn1ccnc1C(=O)CC(=O)c1cccc2ccccc12. The van der Waals surface area contributed by atoms with Gasteiger partial charge in [0.05, 0.1) is 6.42 Å². The molecule has 3 aromatic rings. The Balaban J connectivity index is 1.91. The quantitative estimate of drug-likeness (QED) is 0.544. The summed E-state index contributed by atoms with van der Waals surface area (Å²) in [5.41, 5.74) is 0.579. The second-order valence-electron chi connectivity index (χ2n) is 4.91. The molecule has 0 aliphatic rings. The van der Waals surface area contributed by atoms with E-state index in [9.17, 15) is 9.59 Å². The summed E-state index contributed by atoms with van der Waals surface area (Å²) in [5, 5.41) is 1.87. The highest BCUT2D eigenvalue weighted by atomic mass is 16.1. The zero-order chi connectivity index (χ0) is 14.8. The predicted octanol–water partition coefficient (Wildman–Crippen LogP) is 3.03. The van der Waals surface area contributed by atoms with Crippen LogP contribution in [0.15, 0.2) is 54.9 Å². The molecule has 0 spiro atoms. The van der Waals surface area contributed by atoms with Gasteiger partial charge in [-0.3, -0.25) is 9.59 Å². The third-order valence-corrected chi connectivity index (χ3v) is 3.48. The Labute approximate surface area is 122 Å². The molecular weight excluding hydrogens is 264 g/mol. The van der Waals surface area contributed by atoms with E-state index in [1.807, 2.05) is 36.4 Å². The topological polar surface area (TPSA) is 52.0 Å². The Morgan fingerprint density at radius 2 is 1.81 bits per heavy atom. The van der Waals surface area contributed by atoms with Gasteiger partial charge in [-0.1, -0.05) is 42.5 Å². The highest BCUT2D eigenvalue weighted by molar-refractivity contribution is 6.17. The molecule has 0 radical (unpaired) electrons. The van der Waals surface area contributed by atoms with Gasteiger partial charge >= 0.3 is 0 Å². The molecule has 4 heteroatoms. The fourth-order valence-corrected chi connectivity index (χ4v) is 2.42. The maximum atomic E-state index is 12.4. The maximum absolute atomic E-state index is 12.4. The molecule has 3 rings (SSSR count). The smallest absolute Gasteiger partial charge is 0.205 e. The van der Waals surface area contributed by atoms with Gasteiger partial charge in [0, 0.05) is 25.0 Å². The van der Waals surface area contributed by atoms with E-state index in [4.69, 9.17) is 0 Å². The van der Waals surface area contributed by atoms with Crippen LogP contribution in [-0.2, 0) is 7.05 Å². The molecule has 1 aromatic heterocycles. The van der Waals surface area contributed by atoms with E-state index in [1.165, 1.54) is 0 Å². The van der Waals surface area contributed by atoms with E-state index >= 15 is 0 Å². The minimum Gasteiger partial charge on any atom is -0.332 e. The number of nitrogens with zero attached hydrogens (tertiary/aromatic N) is 2. The Morgan fingerprint density at radius 3 is 2.57 bits per heavy atom. The zero-order valence-electron chi connectivity index (χ0n) is 11.6. The third-order valence-electron chi connectivity index (χ3n) is 3.48. The number of Topliss-reactive ketones (excluding diaryl/α,β-unsaturated/α-hetero) is 2. The van der Waals surface area contributed by atoms with E-state index in [0.29, 0.717) is 11.4 Å². The standard InChI is InChI=1S/C17H14N2O2/c1-19-10-9-18-17(19)16(21)11-15(20)14-8-4-6-12-5-2-3-7-13(12)14/h2-10H,11H2,1H3. The van der Waals surface area contributed by atoms with Crippen LogP contribution in [0, 0.1) is 0 Å². The van der Waals surface area contributed by atoms with Gasteiger partial charge in [-0.15, -0.1) is 0 Å². The van der Waals surface area contributed by atoms with Crippen molar-refractivity contribution >= 4 is 22.3 Å². The van der Waals surface area contributed by atoms with Crippen LogP contribution in [0.1, 0.15) is 27.4 Å². The summed E-state index contributed by atoms with van der Waals surface area (Å²) in [6.07, 6.45) is 3.07. The van der Waals surface area contributed by atoms with Gasteiger partial charge < -0.3 is 4.57 Å². The Bertz CT molecular complexity index is 828. The van der Waals surface area contributed by atoms with Crippen molar-refractivity contribution in [2.75, 3.05) is 0 Å². The molecule has 0 N–H and O–H groups in total. The Kier molecular flexibility index (Phi) is 3.36. The molecule has 21 heavy (non-hydrogen) atoms. The minimum absolute atomic E-state index is 0.168. The summed E-state index contributed by atoms with van der Waals surface area (Å²) >= 11 is 0. The van der Waals surface area contributed by atoms with Crippen LogP contribution in [0.2, 0.25) is 0 Å².